The Morgan fingerprint density at radius 2 is 2.29 bits per heavy atom. The van der Waals surface area contributed by atoms with Gasteiger partial charge in [0.15, 0.2) is 0 Å². The van der Waals surface area contributed by atoms with Gasteiger partial charge in [-0.1, -0.05) is 13.3 Å². The highest BCUT2D eigenvalue weighted by Crippen LogP contribution is 2.39. The van der Waals surface area contributed by atoms with Crippen molar-refractivity contribution in [3.63, 3.8) is 0 Å². The van der Waals surface area contributed by atoms with E-state index in [-0.39, 0.29) is 11.9 Å². The second-order valence-electron chi connectivity index (χ2n) is 5.03. The van der Waals surface area contributed by atoms with Crippen LogP contribution in [0.25, 0.3) is 0 Å². The number of hydrogen-bond acceptors (Lipinski definition) is 2. The van der Waals surface area contributed by atoms with Crippen LogP contribution in [0.2, 0.25) is 0 Å². The molecule has 2 fully saturated rings. The zero-order chi connectivity index (χ0) is 10.0. The molecule has 0 aromatic rings. The summed E-state index contributed by atoms with van der Waals surface area (Å²) >= 11 is 0. The molecular weight excluding hydrogens is 176 g/mol. The maximum atomic E-state index is 11.7. The minimum Gasteiger partial charge on any atom is -0.354 e. The normalized spacial score (nSPS) is 29.6. The van der Waals surface area contributed by atoms with Gasteiger partial charge in [-0.05, 0) is 37.6 Å². The van der Waals surface area contributed by atoms with Crippen LogP contribution in [0.3, 0.4) is 0 Å². The molecule has 1 amide bonds. The van der Waals surface area contributed by atoms with Crippen molar-refractivity contribution < 1.29 is 4.79 Å². The largest absolute Gasteiger partial charge is 0.354 e. The Labute approximate surface area is 85.6 Å². The average molecular weight is 196 g/mol. The number of hydrogen-bond donors (Lipinski definition) is 2. The van der Waals surface area contributed by atoms with Crippen LogP contribution in [0, 0.1) is 5.41 Å². The highest BCUT2D eigenvalue weighted by Gasteiger charge is 2.32. The van der Waals surface area contributed by atoms with Crippen LogP contribution < -0.4 is 10.6 Å². The van der Waals surface area contributed by atoms with Gasteiger partial charge >= 0.3 is 0 Å². The molecule has 0 unspecified atom stereocenters. The molecule has 2 rings (SSSR count). The number of amides is 1. The van der Waals surface area contributed by atoms with Crippen molar-refractivity contribution in [2.45, 2.75) is 45.1 Å². The van der Waals surface area contributed by atoms with Crippen LogP contribution in [0.5, 0.6) is 0 Å². The molecule has 1 aliphatic carbocycles. The molecule has 1 aliphatic heterocycles. The molecule has 0 bridgehead atoms. The lowest BCUT2D eigenvalue weighted by molar-refractivity contribution is -0.123. The van der Waals surface area contributed by atoms with Crippen molar-refractivity contribution in [1.29, 1.82) is 0 Å². The van der Waals surface area contributed by atoms with E-state index in [1.54, 1.807) is 0 Å². The SMILES string of the molecule is CC1(CNC(=O)[C@H]2CCCN2)CCC1. The molecule has 2 aliphatic rings. The smallest absolute Gasteiger partial charge is 0.237 e. The lowest BCUT2D eigenvalue weighted by atomic mass is 9.70. The van der Waals surface area contributed by atoms with Crippen LogP contribution in [0.1, 0.15) is 39.0 Å². The summed E-state index contributed by atoms with van der Waals surface area (Å²) in [6.45, 7) is 4.12. The molecule has 1 heterocycles. The van der Waals surface area contributed by atoms with E-state index in [0.717, 1.165) is 25.9 Å². The minimum absolute atomic E-state index is 0.0821. The average Bonchev–Trinajstić information content (AvgIpc) is 2.63. The molecule has 80 valence electrons. The Balaban J connectivity index is 1.71. The monoisotopic (exact) mass is 196 g/mol. The van der Waals surface area contributed by atoms with Crippen LogP contribution in [0.15, 0.2) is 0 Å². The van der Waals surface area contributed by atoms with Crippen LogP contribution in [-0.2, 0) is 4.79 Å². The van der Waals surface area contributed by atoms with E-state index in [1.165, 1.54) is 19.3 Å². The lowest BCUT2D eigenvalue weighted by Gasteiger charge is -2.38. The molecule has 0 radical (unpaired) electrons. The topological polar surface area (TPSA) is 41.1 Å². The van der Waals surface area contributed by atoms with Gasteiger partial charge in [0.1, 0.15) is 0 Å². The van der Waals surface area contributed by atoms with Gasteiger partial charge in [0.25, 0.3) is 0 Å². The molecule has 3 nitrogen and oxygen atoms in total. The number of rotatable bonds is 3. The summed E-state index contributed by atoms with van der Waals surface area (Å²) in [5, 5.41) is 6.28. The predicted molar refractivity (Wildman–Crippen MR) is 56.0 cm³/mol. The fourth-order valence-electron chi connectivity index (χ4n) is 2.29. The molecule has 0 aromatic heterocycles. The van der Waals surface area contributed by atoms with E-state index in [0.29, 0.717) is 5.41 Å². The minimum atomic E-state index is 0.0821. The third-order valence-corrected chi connectivity index (χ3v) is 3.63. The first-order valence-corrected chi connectivity index (χ1v) is 5.71. The summed E-state index contributed by atoms with van der Waals surface area (Å²) < 4.78 is 0. The zero-order valence-corrected chi connectivity index (χ0v) is 8.94. The Kier molecular flexibility index (Phi) is 2.77. The van der Waals surface area contributed by atoms with Gasteiger partial charge in [0.2, 0.25) is 5.91 Å². The van der Waals surface area contributed by atoms with Crippen LogP contribution in [-0.4, -0.2) is 25.0 Å². The third kappa shape index (κ3) is 2.08. The standard InChI is InChI=1S/C11H20N2O/c1-11(5-3-6-11)8-13-10(14)9-4-2-7-12-9/h9,12H,2-8H2,1H3,(H,13,14)/t9-/m1/s1. The summed E-state index contributed by atoms with van der Waals surface area (Å²) in [6.07, 6.45) is 6.00. The second-order valence-corrected chi connectivity index (χ2v) is 5.03. The highest BCUT2D eigenvalue weighted by molar-refractivity contribution is 5.82. The Bertz CT molecular complexity index is 217. The fourth-order valence-corrected chi connectivity index (χ4v) is 2.29. The van der Waals surface area contributed by atoms with E-state index in [1.807, 2.05) is 0 Å². The third-order valence-electron chi connectivity index (χ3n) is 3.63. The van der Waals surface area contributed by atoms with Crippen molar-refractivity contribution in [3.8, 4) is 0 Å². The van der Waals surface area contributed by atoms with E-state index < -0.39 is 0 Å². The molecule has 2 N–H and O–H groups in total. The van der Waals surface area contributed by atoms with Crippen molar-refractivity contribution in [2.75, 3.05) is 13.1 Å². The van der Waals surface area contributed by atoms with E-state index in [9.17, 15) is 4.79 Å². The summed E-state index contributed by atoms with van der Waals surface area (Å²) in [6, 6.07) is 0.0821. The first-order chi connectivity index (χ1) is 6.70. The number of carbonyl (C=O) groups excluding carboxylic acids is 1. The predicted octanol–water partition coefficient (Wildman–Crippen LogP) is 1.04. The summed E-state index contributed by atoms with van der Waals surface area (Å²) in [5.74, 6) is 0.204. The van der Waals surface area contributed by atoms with Gasteiger partial charge in [0, 0.05) is 6.54 Å². The molecule has 1 atom stereocenters. The molecule has 1 saturated heterocycles. The Hall–Kier alpha value is -0.570. The van der Waals surface area contributed by atoms with Gasteiger partial charge in [-0.25, -0.2) is 0 Å². The van der Waals surface area contributed by atoms with Gasteiger partial charge in [-0.2, -0.15) is 0 Å². The quantitative estimate of drug-likeness (QED) is 0.708. The molecule has 0 spiro atoms. The van der Waals surface area contributed by atoms with Crippen LogP contribution >= 0.6 is 0 Å². The number of nitrogens with one attached hydrogen (secondary N) is 2. The van der Waals surface area contributed by atoms with E-state index in [4.69, 9.17) is 0 Å². The Morgan fingerprint density at radius 1 is 1.50 bits per heavy atom. The molecule has 3 heteroatoms. The first-order valence-electron chi connectivity index (χ1n) is 5.71. The van der Waals surface area contributed by atoms with Crippen molar-refractivity contribution in [3.05, 3.63) is 0 Å². The first kappa shape index (κ1) is 9.97. The van der Waals surface area contributed by atoms with Crippen molar-refractivity contribution >= 4 is 5.91 Å². The van der Waals surface area contributed by atoms with Crippen molar-refractivity contribution in [1.82, 2.24) is 10.6 Å². The fraction of sp³-hybridized carbons (Fsp3) is 0.909. The van der Waals surface area contributed by atoms with Crippen molar-refractivity contribution in [2.24, 2.45) is 5.41 Å². The number of carbonyl (C=O) groups is 1. The molecule has 14 heavy (non-hydrogen) atoms. The van der Waals surface area contributed by atoms with Gasteiger partial charge in [-0.3, -0.25) is 4.79 Å². The lowest BCUT2D eigenvalue weighted by Crippen LogP contribution is -2.46. The molecule has 0 aromatic carbocycles. The molecular formula is C11H20N2O. The summed E-state index contributed by atoms with van der Waals surface area (Å²) in [4.78, 5) is 11.7. The summed E-state index contributed by atoms with van der Waals surface area (Å²) in [7, 11) is 0. The maximum absolute atomic E-state index is 11.7. The summed E-state index contributed by atoms with van der Waals surface area (Å²) in [5.41, 5.74) is 0.397. The Morgan fingerprint density at radius 3 is 2.79 bits per heavy atom. The highest BCUT2D eigenvalue weighted by atomic mass is 16.2. The second kappa shape index (κ2) is 3.89. The van der Waals surface area contributed by atoms with E-state index >= 15 is 0 Å². The molecule has 1 saturated carbocycles. The maximum Gasteiger partial charge on any atom is 0.237 e. The zero-order valence-electron chi connectivity index (χ0n) is 8.94. The van der Waals surface area contributed by atoms with Gasteiger partial charge < -0.3 is 10.6 Å². The van der Waals surface area contributed by atoms with Gasteiger partial charge in [0.05, 0.1) is 6.04 Å². The van der Waals surface area contributed by atoms with Crippen LogP contribution in [0.4, 0.5) is 0 Å². The van der Waals surface area contributed by atoms with E-state index in [2.05, 4.69) is 17.6 Å². The van der Waals surface area contributed by atoms with Gasteiger partial charge in [-0.15, -0.1) is 0 Å².